The van der Waals surface area contributed by atoms with Crippen LogP contribution in [-0.2, 0) is 4.74 Å². The van der Waals surface area contributed by atoms with E-state index < -0.39 is 6.10 Å². The summed E-state index contributed by atoms with van der Waals surface area (Å²) in [6.07, 6.45) is 0.237. The van der Waals surface area contributed by atoms with Crippen LogP contribution in [0.4, 0.5) is 0 Å². The molecule has 0 radical (unpaired) electrons. The fraction of sp³-hybridized carbons (Fsp3) is 0.571. The number of aliphatic hydroxyl groups is 1. The topological polar surface area (TPSA) is 32.7 Å². The molecular weight excluding hydrogens is 250 g/mol. The molecule has 102 valence electrons. The van der Waals surface area contributed by atoms with E-state index in [1.165, 1.54) is 0 Å². The zero-order valence-corrected chi connectivity index (χ0v) is 11.9. The van der Waals surface area contributed by atoms with Crippen LogP contribution in [0.15, 0.2) is 24.3 Å². The van der Waals surface area contributed by atoms with Crippen LogP contribution in [0.25, 0.3) is 0 Å². The third kappa shape index (κ3) is 5.83. The zero-order chi connectivity index (χ0) is 13.4. The lowest BCUT2D eigenvalue weighted by Gasteiger charge is -2.19. The number of nitrogens with zero attached hydrogens (tertiary/aromatic N) is 1. The summed E-state index contributed by atoms with van der Waals surface area (Å²) in [6, 6.07) is 7.38. The maximum Gasteiger partial charge on any atom is 0.0802 e. The van der Waals surface area contributed by atoms with E-state index in [9.17, 15) is 5.11 Å². The molecule has 0 aliphatic rings. The number of ether oxygens (including phenoxy) is 1. The fourth-order valence-electron chi connectivity index (χ4n) is 1.70. The zero-order valence-electron chi connectivity index (χ0n) is 11.1. The van der Waals surface area contributed by atoms with Crippen molar-refractivity contribution in [3.63, 3.8) is 0 Å². The summed E-state index contributed by atoms with van der Waals surface area (Å²) < 4.78 is 5.29. The molecule has 0 heterocycles. The van der Waals surface area contributed by atoms with Crippen molar-refractivity contribution in [3.05, 3.63) is 34.9 Å². The van der Waals surface area contributed by atoms with Gasteiger partial charge in [-0.3, -0.25) is 0 Å². The molecule has 1 aromatic carbocycles. The van der Waals surface area contributed by atoms with Gasteiger partial charge in [0.1, 0.15) is 0 Å². The largest absolute Gasteiger partial charge is 0.388 e. The Bertz CT molecular complexity index is 346. The lowest BCUT2D eigenvalue weighted by Crippen LogP contribution is -2.25. The lowest BCUT2D eigenvalue weighted by atomic mass is 10.1. The molecule has 0 saturated heterocycles. The van der Waals surface area contributed by atoms with Gasteiger partial charge in [0.05, 0.1) is 12.7 Å². The molecule has 3 nitrogen and oxygen atoms in total. The third-order valence-corrected chi connectivity index (χ3v) is 3.07. The van der Waals surface area contributed by atoms with Gasteiger partial charge >= 0.3 is 0 Å². The van der Waals surface area contributed by atoms with Crippen LogP contribution in [0.5, 0.6) is 0 Å². The molecule has 0 aromatic heterocycles. The summed E-state index contributed by atoms with van der Waals surface area (Å²) in [5.74, 6) is 0. The molecule has 4 heteroatoms. The van der Waals surface area contributed by atoms with Gasteiger partial charge < -0.3 is 14.7 Å². The summed E-state index contributed by atoms with van der Waals surface area (Å²) >= 11 is 5.90. The van der Waals surface area contributed by atoms with Crippen LogP contribution in [0.3, 0.4) is 0 Å². The summed E-state index contributed by atoms with van der Waals surface area (Å²) in [6.45, 7) is 5.19. The lowest BCUT2D eigenvalue weighted by molar-refractivity contribution is 0.109. The van der Waals surface area contributed by atoms with Crippen LogP contribution < -0.4 is 0 Å². The highest BCUT2D eigenvalue weighted by Gasteiger charge is 2.09. The smallest absolute Gasteiger partial charge is 0.0802 e. The van der Waals surface area contributed by atoms with E-state index in [0.717, 1.165) is 31.9 Å². The van der Waals surface area contributed by atoms with Crippen molar-refractivity contribution >= 4 is 11.6 Å². The summed E-state index contributed by atoms with van der Waals surface area (Å²) in [4.78, 5) is 2.16. The second-order valence-corrected chi connectivity index (χ2v) is 4.80. The van der Waals surface area contributed by atoms with Crippen molar-refractivity contribution in [1.29, 1.82) is 0 Å². The molecule has 0 amide bonds. The molecule has 0 spiro atoms. The second kappa shape index (κ2) is 8.48. The van der Waals surface area contributed by atoms with Crippen molar-refractivity contribution in [2.45, 2.75) is 19.4 Å². The molecule has 1 aromatic rings. The molecule has 0 fully saturated rings. The summed E-state index contributed by atoms with van der Waals surface area (Å²) in [7, 11) is 2.03. The number of benzene rings is 1. The minimum Gasteiger partial charge on any atom is -0.388 e. The van der Waals surface area contributed by atoms with Crippen molar-refractivity contribution in [2.75, 3.05) is 33.4 Å². The van der Waals surface area contributed by atoms with Crippen LogP contribution in [0.1, 0.15) is 25.0 Å². The average Bonchev–Trinajstić information content (AvgIpc) is 2.36. The predicted molar refractivity (Wildman–Crippen MR) is 75.0 cm³/mol. The van der Waals surface area contributed by atoms with Crippen molar-refractivity contribution in [3.8, 4) is 0 Å². The maximum atomic E-state index is 10.0. The number of halogens is 1. The van der Waals surface area contributed by atoms with Crippen LogP contribution in [0.2, 0.25) is 5.02 Å². The first-order valence-electron chi connectivity index (χ1n) is 6.33. The highest BCUT2D eigenvalue weighted by atomic mass is 35.5. The Morgan fingerprint density at radius 3 is 2.83 bits per heavy atom. The van der Waals surface area contributed by atoms with E-state index in [1.807, 2.05) is 38.2 Å². The Morgan fingerprint density at radius 1 is 1.39 bits per heavy atom. The first-order chi connectivity index (χ1) is 8.63. The Kier molecular flexibility index (Phi) is 7.28. The van der Waals surface area contributed by atoms with Crippen molar-refractivity contribution in [2.24, 2.45) is 0 Å². The molecule has 18 heavy (non-hydrogen) atoms. The predicted octanol–water partition coefficient (Wildman–Crippen LogP) is 2.73. The van der Waals surface area contributed by atoms with Crippen LogP contribution in [-0.4, -0.2) is 43.4 Å². The molecule has 0 bridgehead atoms. The Labute approximate surface area is 114 Å². The van der Waals surface area contributed by atoms with E-state index in [-0.39, 0.29) is 0 Å². The SMILES string of the molecule is CCOCCN(C)CCC(O)c1cccc(Cl)c1. The first-order valence-corrected chi connectivity index (χ1v) is 6.71. The highest BCUT2D eigenvalue weighted by Crippen LogP contribution is 2.20. The highest BCUT2D eigenvalue weighted by molar-refractivity contribution is 6.30. The van der Waals surface area contributed by atoms with E-state index in [2.05, 4.69) is 4.90 Å². The Hall–Kier alpha value is -0.610. The monoisotopic (exact) mass is 271 g/mol. The van der Waals surface area contributed by atoms with E-state index in [1.54, 1.807) is 0 Å². The molecular formula is C14H22ClNO2. The summed E-state index contributed by atoms with van der Waals surface area (Å²) in [5, 5.41) is 10.7. The van der Waals surface area contributed by atoms with Gasteiger partial charge in [0.15, 0.2) is 0 Å². The first kappa shape index (κ1) is 15.4. The number of rotatable bonds is 8. The molecule has 1 N–H and O–H groups in total. The van der Waals surface area contributed by atoms with Crippen LogP contribution in [0, 0.1) is 0 Å². The minimum absolute atomic E-state index is 0.460. The molecule has 1 rings (SSSR count). The number of hydrogen-bond donors (Lipinski definition) is 1. The number of likely N-dealkylation sites (N-methyl/N-ethyl adjacent to an activating group) is 1. The third-order valence-electron chi connectivity index (χ3n) is 2.84. The van der Waals surface area contributed by atoms with Gasteiger partial charge in [-0.2, -0.15) is 0 Å². The standard InChI is InChI=1S/C14H22ClNO2/c1-3-18-10-9-16(2)8-7-14(17)12-5-4-6-13(15)11-12/h4-6,11,14,17H,3,7-10H2,1-2H3. The minimum atomic E-state index is -0.460. The van der Waals surface area contributed by atoms with Crippen molar-refractivity contribution < 1.29 is 9.84 Å². The quantitative estimate of drug-likeness (QED) is 0.738. The average molecular weight is 272 g/mol. The summed E-state index contributed by atoms with van der Waals surface area (Å²) in [5.41, 5.74) is 0.876. The van der Waals surface area contributed by atoms with Gasteiger partial charge in [-0.25, -0.2) is 0 Å². The second-order valence-electron chi connectivity index (χ2n) is 4.36. The molecule has 1 atom stereocenters. The Balaban J connectivity index is 2.30. The fourth-order valence-corrected chi connectivity index (χ4v) is 1.90. The van der Waals surface area contributed by atoms with Gasteiger partial charge in [-0.05, 0) is 38.1 Å². The molecule has 1 unspecified atom stereocenters. The van der Waals surface area contributed by atoms with Crippen LogP contribution >= 0.6 is 11.6 Å². The molecule has 0 aliphatic carbocycles. The maximum absolute atomic E-state index is 10.0. The van der Waals surface area contributed by atoms with E-state index in [0.29, 0.717) is 11.4 Å². The van der Waals surface area contributed by atoms with E-state index >= 15 is 0 Å². The molecule has 0 aliphatic heterocycles. The van der Waals surface area contributed by atoms with E-state index in [4.69, 9.17) is 16.3 Å². The van der Waals surface area contributed by atoms with Crippen molar-refractivity contribution in [1.82, 2.24) is 4.90 Å². The molecule has 0 saturated carbocycles. The van der Waals surface area contributed by atoms with Gasteiger partial charge in [-0.15, -0.1) is 0 Å². The van der Waals surface area contributed by atoms with Gasteiger partial charge in [-0.1, -0.05) is 23.7 Å². The Morgan fingerprint density at radius 2 is 2.17 bits per heavy atom. The normalized spacial score (nSPS) is 12.9. The van der Waals surface area contributed by atoms with Gasteiger partial charge in [0.25, 0.3) is 0 Å². The van der Waals surface area contributed by atoms with Gasteiger partial charge in [0.2, 0.25) is 0 Å². The van der Waals surface area contributed by atoms with Gasteiger partial charge in [0, 0.05) is 24.7 Å². The number of aliphatic hydroxyl groups excluding tert-OH is 1. The number of hydrogen-bond acceptors (Lipinski definition) is 3.